The van der Waals surface area contributed by atoms with E-state index in [2.05, 4.69) is 5.32 Å². The molecule has 0 aliphatic carbocycles. The number of ether oxygens (including phenoxy) is 1. The van der Waals surface area contributed by atoms with Crippen molar-refractivity contribution in [2.75, 3.05) is 31.5 Å². The summed E-state index contributed by atoms with van der Waals surface area (Å²) in [6.45, 7) is 3.61. The van der Waals surface area contributed by atoms with Crippen molar-refractivity contribution in [2.24, 2.45) is 0 Å². The van der Waals surface area contributed by atoms with E-state index >= 15 is 0 Å². The third-order valence-corrected chi connectivity index (χ3v) is 8.26. The van der Waals surface area contributed by atoms with E-state index in [0.717, 1.165) is 0 Å². The zero-order chi connectivity index (χ0) is 24.9. The molecule has 2 aromatic carbocycles. The first kappa shape index (κ1) is 23.1. The number of nitrogens with zero attached hydrogens (tertiary/aromatic N) is 2. The van der Waals surface area contributed by atoms with E-state index in [4.69, 9.17) is 9.15 Å². The molecule has 10 nitrogen and oxygen atoms in total. The number of hydrogen-bond acceptors (Lipinski definition) is 7. The monoisotopic (exact) mass is 497 g/mol. The van der Waals surface area contributed by atoms with Crippen LogP contribution in [-0.2, 0) is 14.8 Å². The van der Waals surface area contributed by atoms with Crippen LogP contribution in [0.3, 0.4) is 0 Å². The normalized spacial score (nSPS) is 18.6. The minimum Gasteiger partial charge on any atom is -0.479 e. The largest absolute Gasteiger partial charge is 0.479 e. The summed E-state index contributed by atoms with van der Waals surface area (Å²) in [5.41, 5.74) is 0.473. The van der Waals surface area contributed by atoms with Gasteiger partial charge in [-0.3, -0.25) is 9.59 Å². The standard InChI is InChI=1S/C24H23N3O7S/c1-14-11-18-20(33-15(2)22(28)25-18)13-21(14)35(31,32)27-9-7-26(8-10-27)23(29)17-12-16-5-3-4-6-19(16)34-24(17)30/h3-6,11-13,15H,7-10H2,1-2H3,(H,25,28)/t15-/m1/s1. The number of carbonyl (C=O) groups excluding carboxylic acids is 2. The molecule has 1 saturated heterocycles. The summed E-state index contributed by atoms with van der Waals surface area (Å²) in [4.78, 5) is 38.8. The van der Waals surface area contributed by atoms with Gasteiger partial charge in [-0.1, -0.05) is 18.2 Å². The summed E-state index contributed by atoms with van der Waals surface area (Å²) in [7, 11) is -3.89. The molecular formula is C24H23N3O7S. The second kappa shape index (κ2) is 8.51. The molecule has 1 aromatic heterocycles. The maximum atomic E-state index is 13.4. The van der Waals surface area contributed by atoms with E-state index in [-0.39, 0.29) is 48.3 Å². The maximum Gasteiger partial charge on any atom is 0.349 e. The van der Waals surface area contributed by atoms with Crippen LogP contribution in [-0.4, -0.2) is 61.7 Å². The predicted molar refractivity (Wildman–Crippen MR) is 127 cm³/mol. The van der Waals surface area contributed by atoms with Crippen molar-refractivity contribution in [2.45, 2.75) is 24.8 Å². The quantitative estimate of drug-likeness (QED) is 0.548. The molecule has 182 valence electrons. The van der Waals surface area contributed by atoms with Gasteiger partial charge in [-0.05, 0) is 37.6 Å². The SMILES string of the molecule is Cc1cc2c(cc1S(=O)(=O)N1CCN(C(=O)c3cc4ccccc4oc3=O)CC1)O[C@H](C)C(=O)N2. The molecule has 11 heteroatoms. The zero-order valence-corrected chi connectivity index (χ0v) is 19.9. The molecule has 3 aromatic rings. The Hall–Kier alpha value is -3.70. The average Bonchev–Trinajstić information content (AvgIpc) is 2.84. The highest BCUT2D eigenvalue weighted by atomic mass is 32.2. The predicted octanol–water partition coefficient (Wildman–Crippen LogP) is 1.97. The van der Waals surface area contributed by atoms with Gasteiger partial charge in [0, 0.05) is 37.6 Å². The number of fused-ring (bicyclic) bond motifs is 2. The van der Waals surface area contributed by atoms with Crippen LogP contribution in [0.1, 0.15) is 22.8 Å². The molecule has 2 aliphatic rings. The van der Waals surface area contributed by atoms with Crippen molar-refractivity contribution >= 4 is 38.5 Å². The number of para-hydroxylation sites is 1. The zero-order valence-electron chi connectivity index (χ0n) is 19.1. The number of hydrogen-bond donors (Lipinski definition) is 1. The Kier molecular flexibility index (Phi) is 5.60. The van der Waals surface area contributed by atoms with Crippen molar-refractivity contribution in [3.05, 3.63) is 64.0 Å². The highest BCUT2D eigenvalue weighted by Gasteiger charge is 2.34. The van der Waals surface area contributed by atoms with Crippen molar-refractivity contribution < 1.29 is 27.2 Å². The molecule has 0 spiro atoms. The van der Waals surface area contributed by atoms with Gasteiger partial charge in [-0.15, -0.1) is 0 Å². The Labute approximate surface area is 201 Å². The summed E-state index contributed by atoms with van der Waals surface area (Å²) in [5, 5.41) is 3.34. The van der Waals surface area contributed by atoms with Gasteiger partial charge in [0.2, 0.25) is 10.0 Å². The number of anilines is 1. The molecule has 0 bridgehead atoms. The summed E-state index contributed by atoms with van der Waals surface area (Å²) in [6.07, 6.45) is -0.733. The highest BCUT2D eigenvalue weighted by molar-refractivity contribution is 7.89. The highest BCUT2D eigenvalue weighted by Crippen LogP contribution is 2.35. The topological polar surface area (TPSA) is 126 Å². The first-order valence-electron chi connectivity index (χ1n) is 11.1. The van der Waals surface area contributed by atoms with Crippen LogP contribution in [0.2, 0.25) is 0 Å². The van der Waals surface area contributed by atoms with Crippen LogP contribution in [0.25, 0.3) is 11.0 Å². The molecule has 5 rings (SSSR count). The van der Waals surface area contributed by atoms with Crippen LogP contribution in [0.15, 0.2) is 56.6 Å². The van der Waals surface area contributed by atoms with Gasteiger partial charge in [0.05, 0.1) is 10.6 Å². The number of amides is 2. The fraction of sp³-hybridized carbons (Fsp3) is 0.292. The van der Waals surface area contributed by atoms with Crippen LogP contribution >= 0.6 is 0 Å². The van der Waals surface area contributed by atoms with E-state index < -0.39 is 27.7 Å². The second-order valence-corrected chi connectivity index (χ2v) is 10.5. The van der Waals surface area contributed by atoms with Crippen LogP contribution in [0, 0.1) is 6.92 Å². The third kappa shape index (κ3) is 4.06. The van der Waals surface area contributed by atoms with Gasteiger partial charge >= 0.3 is 5.63 Å². The van der Waals surface area contributed by atoms with Gasteiger partial charge in [-0.2, -0.15) is 4.31 Å². The second-order valence-electron chi connectivity index (χ2n) is 8.54. The van der Waals surface area contributed by atoms with Crippen molar-refractivity contribution in [1.29, 1.82) is 0 Å². The Morgan fingerprint density at radius 2 is 1.77 bits per heavy atom. The van der Waals surface area contributed by atoms with E-state index in [1.54, 1.807) is 44.2 Å². The third-order valence-electron chi connectivity index (χ3n) is 6.22. The van der Waals surface area contributed by atoms with Gasteiger partial charge in [0.15, 0.2) is 6.10 Å². The summed E-state index contributed by atoms with van der Waals surface area (Å²) >= 11 is 0. The fourth-order valence-corrected chi connectivity index (χ4v) is 5.92. The molecule has 1 atom stereocenters. The molecular weight excluding hydrogens is 474 g/mol. The number of rotatable bonds is 3. The van der Waals surface area contributed by atoms with Gasteiger partial charge < -0.3 is 19.4 Å². The lowest BCUT2D eigenvalue weighted by Gasteiger charge is -2.34. The van der Waals surface area contributed by atoms with Crippen LogP contribution in [0.5, 0.6) is 5.75 Å². The number of nitrogens with one attached hydrogen (secondary N) is 1. The summed E-state index contributed by atoms with van der Waals surface area (Å²) < 4.78 is 38.9. The summed E-state index contributed by atoms with van der Waals surface area (Å²) in [5.74, 6) is -0.503. The van der Waals surface area contributed by atoms with E-state index in [1.807, 2.05) is 0 Å². The van der Waals surface area contributed by atoms with Crippen LogP contribution < -0.4 is 15.7 Å². The number of piperazine rings is 1. The lowest BCUT2D eigenvalue weighted by Crippen LogP contribution is -2.51. The van der Waals surface area contributed by atoms with Crippen molar-refractivity contribution in [1.82, 2.24) is 9.21 Å². The smallest absolute Gasteiger partial charge is 0.349 e. The van der Waals surface area contributed by atoms with E-state index in [9.17, 15) is 22.8 Å². The van der Waals surface area contributed by atoms with Gasteiger partial charge in [-0.25, -0.2) is 13.2 Å². The Morgan fingerprint density at radius 1 is 1.06 bits per heavy atom. The first-order chi connectivity index (χ1) is 16.6. The molecule has 0 saturated carbocycles. The van der Waals surface area contributed by atoms with Gasteiger partial charge in [0.1, 0.15) is 16.9 Å². The molecule has 0 radical (unpaired) electrons. The number of benzene rings is 2. The Morgan fingerprint density at radius 3 is 2.51 bits per heavy atom. The lowest BCUT2D eigenvalue weighted by atomic mass is 10.1. The number of carbonyl (C=O) groups is 2. The molecule has 2 aliphatic heterocycles. The fourth-order valence-electron chi connectivity index (χ4n) is 4.27. The maximum absolute atomic E-state index is 13.4. The minimum absolute atomic E-state index is 0.0670. The molecule has 1 fully saturated rings. The number of sulfonamides is 1. The lowest BCUT2D eigenvalue weighted by molar-refractivity contribution is -0.122. The van der Waals surface area contributed by atoms with Gasteiger partial charge in [0.25, 0.3) is 11.8 Å². The first-order valence-corrected chi connectivity index (χ1v) is 12.5. The Bertz CT molecular complexity index is 1520. The number of aryl methyl sites for hydroxylation is 1. The summed E-state index contributed by atoms with van der Waals surface area (Å²) in [6, 6.07) is 11.4. The van der Waals surface area contributed by atoms with Crippen molar-refractivity contribution in [3.8, 4) is 5.75 Å². The molecule has 35 heavy (non-hydrogen) atoms. The Balaban J connectivity index is 1.35. The molecule has 1 N–H and O–H groups in total. The minimum atomic E-state index is -3.89. The average molecular weight is 498 g/mol. The molecule has 3 heterocycles. The molecule has 0 unspecified atom stereocenters. The van der Waals surface area contributed by atoms with Crippen LogP contribution in [0.4, 0.5) is 5.69 Å². The van der Waals surface area contributed by atoms with Crippen molar-refractivity contribution in [3.63, 3.8) is 0 Å². The molecule has 2 amide bonds. The van der Waals surface area contributed by atoms with E-state index in [1.165, 1.54) is 21.3 Å². The van der Waals surface area contributed by atoms with E-state index in [0.29, 0.717) is 22.2 Å².